The van der Waals surface area contributed by atoms with E-state index in [0.717, 1.165) is 6.42 Å². The van der Waals surface area contributed by atoms with Crippen LogP contribution in [0.15, 0.2) is 54.7 Å². The molecule has 1 heteroatoms. The van der Waals surface area contributed by atoms with Crippen LogP contribution in [0.25, 0.3) is 0 Å². The highest BCUT2D eigenvalue weighted by Crippen LogP contribution is 2.25. The van der Waals surface area contributed by atoms with Crippen LogP contribution < -0.4 is 0 Å². The van der Waals surface area contributed by atoms with Crippen LogP contribution in [0.1, 0.15) is 49.8 Å². The first kappa shape index (κ1) is 13.8. The number of aryl methyl sites for hydroxylation is 1. The van der Waals surface area contributed by atoms with E-state index < -0.39 is 0 Å². The predicted octanol–water partition coefficient (Wildman–Crippen LogP) is 4.99. The fraction of sp³-hybridized carbons (Fsp3) is 0.389. The van der Waals surface area contributed by atoms with Gasteiger partial charge in [0, 0.05) is 17.8 Å². The van der Waals surface area contributed by atoms with E-state index in [-0.39, 0.29) is 0 Å². The summed E-state index contributed by atoms with van der Waals surface area (Å²) < 4.78 is 0. The largest absolute Gasteiger partial charge is 0.261 e. The maximum absolute atomic E-state index is 4.54. The third kappa shape index (κ3) is 4.51. The van der Waals surface area contributed by atoms with Crippen LogP contribution in [-0.4, -0.2) is 4.98 Å². The normalized spacial score (nSPS) is 12.3. The van der Waals surface area contributed by atoms with Gasteiger partial charge in [-0.15, -0.1) is 0 Å². The first-order valence-electron chi connectivity index (χ1n) is 7.35. The van der Waals surface area contributed by atoms with Gasteiger partial charge in [-0.05, 0) is 37.0 Å². The molecule has 1 unspecified atom stereocenters. The summed E-state index contributed by atoms with van der Waals surface area (Å²) in [5, 5.41) is 0. The van der Waals surface area contributed by atoms with Gasteiger partial charge in [-0.25, -0.2) is 0 Å². The number of aromatic nitrogens is 1. The fourth-order valence-corrected chi connectivity index (χ4v) is 2.49. The lowest BCUT2D eigenvalue weighted by atomic mass is 9.91. The van der Waals surface area contributed by atoms with Gasteiger partial charge in [-0.3, -0.25) is 4.98 Å². The molecule has 0 aliphatic rings. The lowest BCUT2D eigenvalue weighted by Crippen LogP contribution is -2.03. The molecule has 2 rings (SSSR count). The number of rotatable bonds is 7. The van der Waals surface area contributed by atoms with Gasteiger partial charge in [0.1, 0.15) is 0 Å². The highest BCUT2D eigenvalue weighted by atomic mass is 14.7. The zero-order valence-electron chi connectivity index (χ0n) is 11.8. The molecule has 1 nitrogen and oxygen atoms in total. The van der Waals surface area contributed by atoms with Crippen molar-refractivity contribution in [2.75, 3.05) is 0 Å². The Morgan fingerprint density at radius 1 is 0.947 bits per heavy atom. The van der Waals surface area contributed by atoms with Crippen LogP contribution in [0.4, 0.5) is 0 Å². The second-order valence-corrected chi connectivity index (χ2v) is 5.12. The Hall–Kier alpha value is -1.63. The number of hydrogen-bond donors (Lipinski definition) is 0. The standard InChI is InChI=1S/C18H23N/c1-2-3-11-17(18-12-7-8-15-19-18)14-13-16-9-5-4-6-10-16/h4-10,12,15,17H,2-3,11,13-14H2,1H3. The Morgan fingerprint density at radius 3 is 2.42 bits per heavy atom. The van der Waals surface area contributed by atoms with E-state index in [1.807, 2.05) is 12.3 Å². The molecule has 1 aromatic heterocycles. The summed E-state index contributed by atoms with van der Waals surface area (Å²) in [6, 6.07) is 17.0. The number of hydrogen-bond acceptors (Lipinski definition) is 1. The number of unbranched alkanes of at least 4 members (excludes halogenated alkanes) is 1. The van der Waals surface area contributed by atoms with Crippen LogP contribution in [-0.2, 0) is 6.42 Å². The van der Waals surface area contributed by atoms with Crippen molar-refractivity contribution in [1.29, 1.82) is 0 Å². The van der Waals surface area contributed by atoms with Gasteiger partial charge in [-0.2, -0.15) is 0 Å². The number of nitrogens with zero attached hydrogens (tertiary/aromatic N) is 1. The lowest BCUT2D eigenvalue weighted by Gasteiger charge is -2.16. The first-order valence-corrected chi connectivity index (χ1v) is 7.35. The SMILES string of the molecule is CCCCC(CCc1ccccc1)c1ccccn1. The second-order valence-electron chi connectivity index (χ2n) is 5.12. The van der Waals surface area contributed by atoms with Crippen LogP contribution in [0.3, 0.4) is 0 Å². The van der Waals surface area contributed by atoms with Crippen molar-refractivity contribution >= 4 is 0 Å². The van der Waals surface area contributed by atoms with Gasteiger partial charge in [-0.1, -0.05) is 56.2 Å². The molecule has 1 heterocycles. The molecule has 0 aliphatic carbocycles. The van der Waals surface area contributed by atoms with Crippen molar-refractivity contribution in [1.82, 2.24) is 4.98 Å². The molecule has 100 valence electrons. The maximum Gasteiger partial charge on any atom is 0.0434 e. The molecule has 1 atom stereocenters. The minimum absolute atomic E-state index is 0.598. The monoisotopic (exact) mass is 253 g/mol. The molecule has 0 aliphatic heterocycles. The third-order valence-electron chi connectivity index (χ3n) is 3.64. The topological polar surface area (TPSA) is 12.9 Å². The van der Waals surface area contributed by atoms with Gasteiger partial charge in [0.05, 0.1) is 0 Å². The minimum atomic E-state index is 0.598. The summed E-state index contributed by atoms with van der Waals surface area (Å²) in [6.07, 6.45) is 8.05. The highest BCUT2D eigenvalue weighted by molar-refractivity contribution is 5.16. The maximum atomic E-state index is 4.54. The number of benzene rings is 1. The molecule has 0 fully saturated rings. The average molecular weight is 253 g/mol. The Balaban J connectivity index is 1.98. The molecule has 0 radical (unpaired) electrons. The molecule has 0 spiro atoms. The molecule has 0 amide bonds. The van der Waals surface area contributed by atoms with Crippen LogP contribution in [0.2, 0.25) is 0 Å². The molecule has 0 N–H and O–H groups in total. The van der Waals surface area contributed by atoms with Gasteiger partial charge < -0.3 is 0 Å². The highest BCUT2D eigenvalue weighted by Gasteiger charge is 2.12. The summed E-state index contributed by atoms with van der Waals surface area (Å²) >= 11 is 0. The van der Waals surface area contributed by atoms with Crippen molar-refractivity contribution in [3.63, 3.8) is 0 Å². The van der Waals surface area contributed by atoms with Crippen LogP contribution in [0.5, 0.6) is 0 Å². The lowest BCUT2D eigenvalue weighted by molar-refractivity contribution is 0.536. The Morgan fingerprint density at radius 2 is 1.74 bits per heavy atom. The van der Waals surface area contributed by atoms with Crippen molar-refractivity contribution in [3.05, 3.63) is 66.0 Å². The van der Waals surface area contributed by atoms with Crippen LogP contribution >= 0.6 is 0 Å². The van der Waals surface area contributed by atoms with E-state index in [2.05, 4.69) is 54.4 Å². The molecule has 0 saturated heterocycles. The van der Waals surface area contributed by atoms with Crippen molar-refractivity contribution < 1.29 is 0 Å². The van der Waals surface area contributed by atoms with Gasteiger partial charge in [0.25, 0.3) is 0 Å². The summed E-state index contributed by atoms with van der Waals surface area (Å²) in [7, 11) is 0. The average Bonchev–Trinajstić information content (AvgIpc) is 2.49. The van der Waals surface area contributed by atoms with Crippen LogP contribution in [0, 0.1) is 0 Å². The molecular formula is C18H23N. The second kappa shape index (κ2) is 7.73. The zero-order chi connectivity index (χ0) is 13.3. The van der Waals surface area contributed by atoms with Crippen molar-refractivity contribution in [2.45, 2.75) is 44.9 Å². The van der Waals surface area contributed by atoms with Crippen molar-refractivity contribution in [2.24, 2.45) is 0 Å². The smallest absolute Gasteiger partial charge is 0.0434 e. The van der Waals surface area contributed by atoms with Gasteiger partial charge in [0.2, 0.25) is 0 Å². The first-order chi connectivity index (χ1) is 9.40. The van der Waals surface area contributed by atoms with E-state index in [4.69, 9.17) is 0 Å². The molecule has 0 saturated carbocycles. The Labute approximate surface area is 116 Å². The molecule has 19 heavy (non-hydrogen) atoms. The minimum Gasteiger partial charge on any atom is -0.261 e. The number of pyridine rings is 1. The van der Waals surface area contributed by atoms with Crippen molar-refractivity contribution in [3.8, 4) is 0 Å². The Kier molecular flexibility index (Phi) is 5.61. The molecule has 2 aromatic rings. The molecular weight excluding hydrogens is 230 g/mol. The summed E-state index contributed by atoms with van der Waals surface area (Å²) in [6.45, 7) is 2.26. The molecule has 0 bridgehead atoms. The van der Waals surface area contributed by atoms with Gasteiger partial charge in [0.15, 0.2) is 0 Å². The van der Waals surface area contributed by atoms with Gasteiger partial charge >= 0.3 is 0 Å². The fourth-order valence-electron chi connectivity index (χ4n) is 2.49. The Bertz CT molecular complexity index is 450. The van der Waals surface area contributed by atoms with E-state index in [0.29, 0.717) is 5.92 Å². The zero-order valence-corrected chi connectivity index (χ0v) is 11.8. The van der Waals surface area contributed by atoms with E-state index in [1.165, 1.54) is 36.9 Å². The van der Waals surface area contributed by atoms with E-state index in [1.54, 1.807) is 0 Å². The van der Waals surface area contributed by atoms with E-state index >= 15 is 0 Å². The molecule has 1 aromatic carbocycles. The quantitative estimate of drug-likeness (QED) is 0.677. The third-order valence-corrected chi connectivity index (χ3v) is 3.64. The van der Waals surface area contributed by atoms with E-state index in [9.17, 15) is 0 Å². The summed E-state index contributed by atoms with van der Waals surface area (Å²) in [4.78, 5) is 4.54. The summed E-state index contributed by atoms with van der Waals surface area (Å²) in [5.74, 6) is 0.598. The predicted molar refractivity (Wildman–Crippen MR) is 81.3 cm³/mol. The summed E-state index contributed by atoms with van der Waals surface area (Å²) in [5.41, 5.74) is 2.69.